The van der Waals surface area contributed by atoms with E-state index in [1.54, 1.807) is 6.92 Å². The summed E-state index contributed by atoms with van der Waals surface area (Å²) in [6, 6.07) is -2.04. The van der Waals surface area contributed by atoms with E-state index in [0.29, 0.717) is 0 Å². The van der Waals surface area contributed by atoms with Gasteiger partial charge in [0.15, 0.2) is 6.29 Å². The van der Waals surface area contributed by atoms with Crippen molar-refractivity contribution in [2.75, 3.05) is 13.2 Å². The highest BCUT2D eigenvalue weighted by molar-refractivity contribution is 7.65. The van der Waals surface area contributed by atoms with Crippen molar-refractivity contribution in [2.24, 2.45) is 0 Å². The van der Waals surface area contributed by atoms with E-state index < -0.39 is 98.1 Å². The first kappa shape index (κ1) is 39.1. The Morgan fingerprint density at radius 3 is 1.77 bits per heavy atom. The molecule has 3 aliphatic rings. The fourth-order valence-corrected chi connectivity index (χ4v) is 7.09. The van der Waals surface area contributed by atoms with Crippen LogP contribution in [0.3, 0.4) is 0 Å². The molecule has 3 heterocycles. The maximum Gasteiger partial charge on any atom is 0.280 e. The number of hydrogen-bond donors (Lipinski definition) is 2. The molecule has 7 radical (unpaired) electrons. The molecule has 3 fully saturated rings. The number of fused-ring (bicyclic) bond motifs is 1. The molecule has 0 aliphatic carbocycles. The first-order valence-corrected chi connectivity index (χ1v) is 14.6. The van der Waals surface area contributed by atoms with E-state index >= 15 is 0 Å². The van der Waals surface area contributed by atoms with Gasteiger partial charge in [-0.2, -0.15) is 0 Å². The monoisotopic (exact) mass is 611 g/mol. The molecule has 16 nitrogen and oxygen atoms in total. The highest BCUT2D eigenvalue weighted by atomic mass is 31.3. The number of phosphoric ester groups is 2. The van der Waals surface area contributed by atoms with Gasteiger partial charge in [-0.15, -0.1) is 0 Å². The highest BCUT2D eigenvalue weighted by Gasteiger charge is 2.52. The number of aliphatic hydroxyl groups is 2. The van der Waals surface area contributed by atoms with Gasteiger partial charge in [0.2, 0.25) is 0 Å². The molecule has 213 valence electrons. The quantitative estimate of drug-likeness (QED) is 0.123. The lowest BCUT2D eigenvalue weighted by atomic mass is 9.16. The summed E-state index contributed by atoms with van der Waals surface area (Å²) in [5, 5.41) is 19.4. The Labute approximate surface area is 233 Å². The van der Waals surface area contributed by atoms with Crippen LogP contribution in [0.2, 0.25) is 0 Å². The Hall–Kier alpha value is 0.105. The molecule has 3 saturated heterocycles. The predicted octanol–water partition coefficient (Wildman–Crippen LogP) is -3.69. The molecule has 0 saturated carbocycles. The van der Waals surface area contributed by atoms with Crippen molar-refractivity contribution in [2.45, 2.75) is 61.8 Å². The van der Waals surface area contributed by atoms with Gasteiger partial charge in [-0.25, -0.2) is 8.62 Å². The van der Waals surface area contributed by atoms with E-state index in [1.165, 1.54) is 0 Å². The molecule has 2 N–H and O–H groups in total. The summed E-state index contributed by atoms with van der Waals surface area (Å²) in [7, 11) is -0.347. The topological polar surface area (TPSA) is 235 Å². The molecule has 24 heteroatoms. The van der Waals surface area contributed by atoms with Crippen molar-refractivity contribution >= 4 is 60.3 Å². The van der Waals surface area contributed by atoms with Crippen molar-refractivity contribution in [3.8, 4) is 0 Å². The van der Waals surface area contributed by atoms with Gasteiger partial charge in [-0.3, -0.25) is 13.7 Å². The zero-order valence-electron chi connectivity index (χ0n) is 21.4. The number of rotatable bonds is 12. The lowest BCUT2D eigenvalue weighted by molar-refractivity contribution is -0.252. The van der Waals surface area contributed by atoms with E-state index in [2.05, 4.69) is 17.7 Å². The SMILES string of the molecule is [B][B][C@@H]1O[C@H](COP(=O)([O-])OP(=O)([O-])OP(=O)([O-])OC[C@H]2O[C@@H](B([B])[B])[C@H]3OC(C)OC23)C(O)C1O.[CH3+].[CH3+].[CH3+]. The third-order valence-corrected chi connectivity index (χ3v) is 9.34. The standard InChI is InChI=1S/C12H21B5O16P3.3CH3/c1-4-28-9-6(31-12(17(14)15)10(9)29-4)3-27-35(22,23)33-36(24,25)32-34(20,21)26-2-5-7(18)8(19)11(16-13)30-5;;;/h4-12,18-19H,2-3H2,1H3,(H,20,21)(H,22,23)(H,24,25);3*1H3/q;3*+1/p-3/t4?,5-,6-,7?,8?,9?,10+,11-,12-;;;/m1.../s1. The molecule has 3 aliphatic heterocycles. The molecule has 39 heavy (non-hydrogen) atoms. The first-order chi connectivity index (χ1) is 16.5. The molecule has 12 atom stereocenters. The van der Waals surface area contributed by atoms with Crippen molar-refractivity contribution in [3.05, 3.63) is 22.3 Å². The van der Waals surface area contributed by atoms with E-state index in [1.807, 2.05) is 0 Å². The highest BCUT2D eigenvalue weighted by Crippen LogP contribution is 2.63. The fourth-order valence-electron chi connectivity index (χ4n) is 3.70. The Bertz CT molecular complexity index is 920. The number of phosphoric acid groups is 3. The Kier molecular flexibility index (Phi) is 15.1. The van der Waals surface area contributed by atoms with Crippen molar-refractivity contribution in [3.63, 3.8) is 0 Å². The molecule has 7 unspecified atom stereocenters. The second-order valence-corrected chi connectivity index (χ2v) is 12.4. The van der Waals surface area contributed by atoms with Gasteiger partial charge in [-0.1, -0.05) is 0 Å². The van der Waals surface area contributed by atoms with E-state index in [0.717, 1.165) is 7.17 Å². The van der Waals surface area contributed by atoms with E-state index in [-0.39, 0.29) is 22.3 Å². The van der Waals surface area contributed by atoms with Crippen LogP contribution in [0.5, 0.6) is 0 Å². The zero-order chi connectivity index (χ0) is 27.1. The van der Waals surface area contributed by atoms with Gasteiger partial charge < -0.3 is 52.9 Å². The van der Waals surface area contributed by atoms with Crippen molar-refractivity contribution in [1.29, 1.82) is 0 Å². The molecule has 0 spiro atoms. The van der Waals surface area contributed by atoms with E-state index in [4.69, 9.17) is 42.2 Å². The van der Waals surface area contributed by atoms with Gasteiger partial charge in [-0.05, 0) is 6.92 Å². The Balaban J connectivity index is 0.00000481. The molecule has 0 bridgehead atoms. The summed E-state index contributed by atoms with van der Waals surface area (Å²) in [5.41, 5.74) is 0. The first-order valence-electron chi connectivity index (χ1n) is 10.2. The third kappa shape index (κ3) is 10.1. The summed E-state index contributed by atoms with van der Waals surface area (Å²) in [4.78, 5) is 35.7. The predicted molar refractivity (Wildman–Crippen MR) is 133 cm³/mol. The number of hydrogen-bond acceptors (Lipinski definition) is 16. The number of ether oxygens (including phenoxy) is 4. The minimum atomic E-state index is -6.13. The summed E-state index contributed by atoms with van der Waals surface area (Å²) >= 11 is 0. The second-order valence-electron chi connectivity index (χ2n) is 7.89. The molecular formula is C15H27B5O16P3. The molecule has 0 aromatic carbocycles. The van der Waals surface area contributed by atoms with Gasteiger partial charge in [0.25, 0.3) is 23.5 Å². The fraction of sp³-hybridized carbons (Fsp3) is 0.800. The third-order valence-electron chi connectivity index (χ3n) is 5.21. The van der Waals surface area contributed by atoms with Crippen molar-refractivity contribution < 1.29 is 75.2 Å². The van der Waals surface area contributed by atoms with Crippen LogP contribution < -0.4 is 14.7 Å². The van der Waals surface area contributed by atoms with Crippen LogP contribution in [-0.2, 0) is 50.3 Å². The van der Waals surface area contributed by atoms with Crippen molar-refractivity contribution in [1.82, 2.24) is 0 Å². The van der Waals surface area contributed by atoms with Crippen LogP contribution >= 0.6 is 23.5 Å². The summed E-state index contributed by atoms with van der Waals surface area (Å²) in [5.74, 6) is 0. The average molecular weight is 610 g/mol. The zero-order valence-corrected chi connectivity index (χ0v) is 24.1. The van der Waals surface area contributed by atoms with Gasteiger partial charge >= 0.3 is 0 Å². The lowest BCUT2D eigenvalue weighted by Gasteiger charge is -2.35. The minimum Gasteiger partial charge on any atom is -0.756 e. The maximum atomic E-state index is 12.0. The van der Waals surface area contributed by atoms with Crippen LogP contribution in [0.25, 0.3) is 0 Å². The Morgan fingerprint density at radius 2 is 1.31 bits per heavy atom. The summed E-state index contributed by atoms with van der Waals surface area (Å²) in [6.07, 6.45) is -8.00. The van der Waals surface area contributed by atoms with Gasteiger partial charge in [0.05, 0.1) is 33.0 Å². The lowest BCUT2D eigenvalue weighted by Crippen LogP contribution is -2.42. The van der Waals surface area contributed by atoms with Gasteiger partial charge in [0.1, 0.15) is 30.5 Å². The van der Waals surface area contributed by atoms with Crippen LogP contribution in [-0.4, -0.2) is 115 Å². The summed E-state index contributed by atoms with van der Waals surface area (Å²) in [6.45, 7) is -1.30. The second kappa shape index (κ2) is 15.0. The minimum absolute atomic E-state index is 0. The molecule has 0 aromatic heterocycles. The molecular weight excluding hydrogens is 583 g/mol. The molecule has 0 aromatic rings. The normalized spacial score (nSPS) is 38.1. The maximum absolute atomic E-state index is 12.0. The molecule has 3 rings (SSSR count). The van der Waals surface area contributed by atoms with Crippen LogP contribution in [0, 0.1) is 22.3 Å². The van der Waals surface area contributed by atoms with Crippen LogP contribution in [0.1, 0.15) is 6.92 Å². The van der Waals surface area contributed by atoms with Crippen LogP contribution in [0.15, 0.2) is 0 Å². The smallest absolute Gasteiger partial charge is 0.280 e. The Morgan fingerprint density at radius 1 is 0.821 bits per heavy atom. The van der Waals surface area contributed by atoms with E-state index in [9.17, 15) is 38.6 Å². The molecule has 0 amide bonds. The summed E-state index contributed by atoms with van der Waals surface area (Å²) < 4.78 is 73.3. The van der Waals surface area contributed by atoms with Gasteiger partial charge in [0, 0.05) is 57.5 Å². The average Bonchev–Trinajstić information content (AvgIpc) is 3.35. The number of aliphatic hydroxyl groups excluding tert-OH is 2. The largest absolute Gasteiger partial charge is 0.756 e. The van der Waals surface area contributed by atoms with Crippen LogP contribution in [0.4, 0.5) is 0 Å².